The Morgan fingerprint density at radius 1 is 1.03 bits per heavy atom. The fourth-order valence-electron chi connectivity index (χ4n) is 4.18. The summed E-state index contributed by atoms with van der Waals surface area (Å²) in [7, 11) is -2.06. The van der Waals surface area contributed by atoms with Crippen molar-refractivity contribution in [1.82, 2.24) is 20.3 Å². The predicted octanol–water partition coefficient (Wildman–Crippen LogP) is 6.18. The van der Waals surface area contributed by atoms with Gasteiger partial charge in [0.1, 0.15) is 22.5 Å². The largest absolute Gasteiger partial charge is 0.505 e. The molecular weight excluding hydrogens is 540 g/mol. The maximum atomic E-state index is 12.7. The molecule has 11 heteroatoms. The Morgan fingerprint density at radius 3 is 2.28 bits per heavy atom. The van der Waals surface area contributed by atoms with Gasteiger partial charge in [-0.2, -0.15) is 0 Å². The smallest absolute Gasteiger partial charge is 0.220 e. The predicted molar refractivity (Wildman–Crippen MR) is 158 cm³/mol. The van der Waals surface area contributed by atoms with E-state index in [1.807, 2.05) is 53.7 Å². The highest BCUT2D eigenvalue weighted by Crippen LogP contribution is 2.51. The molecule has 0 aliphatic heterocycles. The standard InChI is InChI=1S/C28H41ClN4O5S/c1-7-36-39(37-8-2,38-9-3)16-10-15-30-26(34)14-11-20-17-22(28(4,5)6)27(35)25(18-20)33-31-23-13-12-21(29)19-24(23)32-33/h12-13,17-19,35H,7-11,14-16H2,1-6H3,(H,30,34). The van der Waals surface area contributed by atoms with Crippen LogP contribution < -0.4 is 5.32 Å². The average Bonchev–Trinajstić information content (AvgIpc) is 3.28. The van der Waals surface area contributed by atoms with Crippen LogP contribution in [0.25, 0.3) is 16.7 Å². The SMILES string of the molecule is CCOS(CCCNC(=O)CCc1cc(-n2nc3ccc(Cl)cc3n2)c(O)c(C(C)(C)C)c1)(OCC)OCC. The second-order valence-electron chi connectivity index (χ2n) is 10.1. The van der Waals surface area contributed by atoms with E-state index in [1.54, 1.807) is 18.2 Å². The number of aromatic hydroxyl groups is 1. The molecule has 0 saturated carbocycles. The van der Waals surface area contributed by atoms with Gasteiger partial charge in [0.25, 0.3) is 0 Å². The molecule has 0 bridgehead atoms. The van der Waals surface area contributed by atoms with Gasteiger partial charge in [-0.3, -0.25) is 17.3 Å². The Labute approximate surface area is 238 Å². The molecule has 3 rings (SSSR count). The second-order valence-corrected chi connectivity index (χ2v) is 12.7. The van der Waals surface area contributed by atoms with Crippen molar-refractivity contribution in [3.63, 3.8) is 0 Å². The molecular formula is C28H41ClN4O5S. The molecule has 9 nitrogen and oxygen atoms in total. The molecule has 0 aliphatic rings. The second kappa shape index (κ2) is 13.8. The highest BCUT2D eigenvalue weighted by Gasteiger charge is 2.26. The molecule has 0 aliphatic carbocycles. The minimum Gasteiger partial charge on any atom is -0.505 e. The summed E-state index contributed by atoms with van der Waals surface area (Å²) in [5.41, 5.74) is 3.11. The normalized spacial score (nSPS) is 12.7. The summed E-state index contributed by atoms with van der Waals surface area (Å²) in [5.74, 6) is 0.658. The number of fused-ring (bicyclic) bond motifs is 1. The Morgan fingerprint density at radius 2 is 1.67 bits per heavy atom. The molecule has 1 heterocycles. The summed E-state index contributed by atoms with van der Waals surface area (Å²) in [4.78, 5) is 14.1. The summed E-state index contributed by atoms with van der Waals surface area (Å²) in [6, 6.07) is 9.07. The van der Waals surface area contributed by atoms with Crippen molar-refractivity contribution in [1.29, 1.82) is 0 Å². The average molecular weight is 581 g/mol. The number of carbonyl (C=O) groups excluding carboxylic acids is 1. The van der Waals surface area contributed by atoms with Crippen LogP contribution in [0.1, 0.15) is 65.5 Å². The summed E-state index contributed by atoms with van der Waals surface area (Å²) in [5, 5.41) is 23.8. The van der Waals surface area contributed by atoms with Gasteiger partial charge < -0.3 is 10.4 Å². The molecule has 0 saturated heterocycles. The maximum absolute atomic E-state index is 12.7. The number of phenolic OH excluding ortho intramolecular Hbond substituents is 1. The van der Waals surface area contributed by atoms with E-state index in [9.17, 15) is 9.90 Å². The van der Waals surface area contributed by atoms with E-state index >= 15 is 0 Å². The molecule has 0 unspecified atom stereocenters. The quantitative estimate of drug-likeness (QED) is 0.219. The number of nitrogens with one attached hydrogen (secondary N) is 1. The van der Waals surface area contributed by atoms with E-state index < -0.39 is 10.9 Å². The van der Waals surface area contributed by atoms with Crippen LogP contribution in [-0.4, -0.2) is 58.1 Å². The van der Waals surface area contributed by atoms with Crippen LogP contribution >= 0.6 is 22.5 Å². The van der Waals surface area contributed by atoms with Crippen molar-refractivity contribution in [3.05, 3.63) is 46.5 Å². The minimum absolute atomic E-state index is 0.0515. The van der Waals surface area contributed by atoms with Crippen LogP contribution in [0, 0.1) is 0 Å². The lowest BCUT2D eigenvalue weighted by atomic mass is 9.84. The van der Waals surface area contributed by atoms with E-state index in [0.29, 0.717) is 73.1 Å². The Balaban J connectivity index is 1.69. The van der Waals surface area contributed by atoms with Crippen molar-refractivity contribution in [2.75, 3.05) is 32.1 Å². The number of rotatable bonds is 14. The fraction of sp³-hybridized carbons (Fsp3) is 0.536. The summed E-state index contributed by atoms with van der Waals surface area (Å²) >= 11 is 6.11. The lowest BCUT2D eigenvalue weighted by molar-refractivity contribution is -0.121. The van der Waals surface area contributed by atoms with Crippen LogP contribution in [0.2, 0.25) is 5.02 Å². The first-order valence-corrected chi connectivity index (χ1v) is 15.4. The molecule has 216 valence electrons. The first-order chi connectivity index (χ1) is 18.5. The first kappa shape index (κ1) is 31.2. The third-order valence-corrected chi connectivity index (χ3v) is 8.75. The molecule has 0 fully saturated rings. The first-order valence-electron chi connectivity index (χ1n) is 13.4. The molecule has 0 atom stereocenters. The van der Waals surface area contributed by atoms with E-state index in [0.717, 1.165) is 11.1 Å². The number of phenols is 1. The van der Waals surface area contributed by atoms with Crippen LogP contribution in [-0.2, 0) is 29.2 Å². The van der Waals surface area contributed by atoms with Gasteiger partial charge in [0, 0.05) is 29.3 Å². The van der Waals surface area contributed by atoms with Crippen LogP contribution in [0.4, 0.5) is 0 Å². The Bertz CT molecular complexity index is 1240. The van der Waals surface area contributed by atoms with Crippen molar-refractivity contribution < 1.29 is 22.5 Å². The van der Waals surface area contributed by atoms with Crippen LogP contribution in [0.15, 0.2) is 30.3 Å². The third-order valence-electron chi connectivity index (χ3n) is 5.94. The molecule has 2 N–H and O–H groups in total. The van der Waals surface area contributed by atoms with Gasteiger partial charge in [0.15, 0.2) is 0 Å². The maximum Gasteiger partial charge on any atom is 0.220 e. The number of benzene rings is 2. The van der Waals surface area contributed by atoms with Crippen molar-refractivity contribution in [2.45, 2.75) is 66.2 Å². The van der Waals surface area contributed by atoms with Gasteiger partial charge >= 0.3 is 0 Å². The van der Waals surface area contributed by atoms with Gasteiger partial charge in [0.2, 0.25) is 5.91 Å². The van der Waals surface area contributed by atoms with Gasteiger partial charge in [-0.1, -0.05) is 38.4 Å². The lowest BCUT2D eigenvalue weighted by Gasteiger charge is -2.36. The lowest BCUT2D eigenvalue weighted by Crippen LogP contribution is -2.27. The monoisotopic (exact) mass is 580 g/mol. The zero-order valence-corrected chi connectivity index (χ0v) is 25.3. The molecule has 39 heavy (non-hydrogen) atoms. The number of amides is 1. The number of aryl methyl sites for hydroxylation is 1. The summed E-state index contributed by atoms with van der Waals surface area (Å²) in [6.07, 6.45) is 1.49. The van der Waals surface area contributed by atoms with E-state index in [1.165, 1.54) is 4.80 Å². The minimum atomic E-state index is -2.06. The molecule has 2 aromatic carbocycles. The highest BCUT2D eigenvalue weighted by molar-refractivity contribution is 8.21. The molecule has 3 aromatic rings. The molecule has 1 aromatic heterocycles. The van der Waals surface area contributed by atoms with Crippen LogP contribution in [0.3, 0.4) is 0 Å². The number of hydrogen-bond donors (Lipinski definition) is 2. The number of hydrogen-bond acceptors (Lipinski definition) is 7. The molecule has 0 radical (unpaired) electrons. The zero-order valence-electron chi connectivity index (χ0n) is 23.8. The summed E-state index contributed by atoms with van der Waals surface area (Å²) in [6.45, 7) is 13.9. The van der Waals surface area contributed by atoms with Crippen molar-refractivity contribution in [2.24, 2.45) is 0 Å². The third kappa shape index (κ3) is 8.31. The van der Waals surface area contributed by atoms with Gasteiger partial charge in [-0.05, 0) is 68.9 Å². The number of nitrogens with zero attached hydrogens (tertiary/aromatic N) is 3. The number of carbonyl (C=O) groups is 1. The van der Waals surface area contributed by atoms with E-state index in [2.05, 4.69) is 15.5 Å². The van der Waals surface area contributed by atoms with Crippen molar-refractivity contribution >= 4 is 39.4 Å². The topological polar surface area (TPSA) is 108 Å². The van der Waals surface area contributed by atoms with E-state index in [4.69, 9.17) is 24.2 Å². The van der Waals surface area contributed by atoms with Gasteiger partial charge in [-0.15, -0.1) is 15.0 Å². The Hall–Kier alpha value is -2.37. The summed E-state index contributed by atoms with van der Waals surface area (Å²) < 4.78 is 17.5. The Kier molecular flexibility index (Phi) is 11.0. The zero-order chi connectivity index (χ0) is 28.6. The van der Waals surface area contributed by atoms with E-state index in [-0.39, 0.29) is 17.1 Å². The number of aromatic nitrogens is 3. The van der Waals surface area contributed by atoms with Gasteiger partial charge in [0.05, 0.1) is 30.7 Å². The van der Waals surface area contributed by atoms with Crippen LogP contribution in [0.5, 0.6) is 5.75 Å². The van der Waals surface area contributed by atoms with Crippen molar-refractivity contribution in [3.8, 4) is 11.4 Å². The fourth-order valence-corrected chi connectivity index (χ4v) is 6.48. The number of halogens is 1. The highest BCUT2D eigenvalue weighted by atomic mass is 35.5. The molecule has 0 spiro atoms. The molecule has 1 amide bonds. The van der Waals surface area contributed by atoms with Gasteiger partial charge in [-0.25, -0.2) is 0 Å².